The fourth-order valence-electron chi connectivity index (χ4n) is 1.92. The van der Waals surface area contributed by atoms with E-state index in [4.69, 9.17) is 5.73 Å². The quantitative estimate of drug-likeness (QED) is 0.650. The summed E-state index contributed by atoms with van der Waals surface area (Å²) >= 11 is 0. The predicted molar refractivity (Wildman–Crippen MR) is 51.4 cm³/mol. The summed E-state index contributed by atoms with van der Waals surface area (Å²) in [4.78, 5) is 22.3. The van der Waals surface area contributed by atoms with Crippen molar-refractivity contribution in [2.45, 2.75) is 18.9 Å². The van der Waals surface area contributed by atoms with Crippen LogP contribution in [0.4, 0.5) is 0 Å². The van der Waals surface area contributed by atoms with E-state index < -0.39 is 6.04 Å². The lowest BCUT2D eigenvalue weighted by Gasteiger charge is -2.18. The van der Waals surface area contributed by atoms with E-state index in [0.29, 0.717) is 17.7 Å². The fraction of sp³-hybridized carbons (Fsp3) is 0.400. The predicted octanol–water partition coefficient (Wildman–Crippen LogP) is 0.294. The molecule has 2 N–H and O–H groups in total. The van der Waals surface area contributed by atoms with Gasteiger partial charge in [0, 0.05) is 18.3 Å². The largest absolute Gasteiger partial charge is 0.345 e. The number of nitrogens with zero attached hydrogens (tertiary/aromatic N) is 1. The lowest BCUT2D eigenvalue weighted by molar-refractivity contribution is 0.0947. The van der Waals surface area contributed by atoms with Crippen LogP contribution in [0.3, 0.4) is 0 Å². The molecule has 0 bridgehead atoms. The third-order valence-corrected chi connectivity index (χ3v) is 2.81. The van der Waals surface area contributed by atoms with Crippen LogP contribution in [0.25, 0.3) is 0 Å². The first-order valence-corrected chi connectivity index (χ1v) is 4.58. The van der Waals surface area contributed by atoms with Crippen molar-refractivity contribution in [2.75, 3.05) is 0 Å². The molecule has 4 heteroatoms. The molecule has 1 aromatic heterocycles. The summed E-state index contributed by atoms with van der Waals surface area (Å²) in [5.41, 5.74) is 7.73. The number of carbonyl (C=O) groups excluding carboxylic acids is 2. The van der Waals surface area contributed by atoms with Gasteiger partial charge in [0.25, 0.3) is 0 Å². The highest BCUT2D eigenvalue weighted by Gasteiger charge is 2.27. The summed E-state index contributed by atoms with van der Waals surface area (Å²) in [5, 5.41) is 0. The van der Waals surface area contributed by atoms with Gasteiger partial charge in [-0.3, -0.25) is 9.59 Å². The first kappa shape index (κ1) is 9.15. The highest BCUT2D eigenvalue weighted by molar-refractivity contribution is 6.03. The van der Waals surface area contributed by atoms with Crippen LogP contribution in [0.2, 0.25) is 0 Å². The summed E-state index contributed by atoms with van der Waals surface area (Å²) in [7, 11) is 1.80. The number of ketones is 1. The van der Waals surface area contributed by atoms with E-state index in [0.717, 1.165) is 18.4 Å². The molecule has 0 saturated heterocycles. The molecule has 0 saturated carbocycles. The van der Waals surface area contributed by atoms with Crippen LogP contribution in [0.1, 0.15) is 33.0 Å². The summed E-state index contributed by atoms with van der Waals surface area (Å²) in [6.45, 7) is 0. The van der Waals surface area contributed by atoms with Crippen LogP contribution in [0.15, 0.2) is 6.07 Å². The van der Waals surface area contributed by atoms with Crippen molar-refractivity contribution < 1.29 is 9.59 Å². The lowest BCUT2D eigenvalue weighted by atomic mass is 9.92. The van der Waals surface area contributed by atoms with Crippen molar-refractivity contribution in [3.05, 3.63) is 23.0 Å². The standard InChI is InChI=1S/C10H12N2O2/c1-12-6(5-13)4-7-9(12)3-2-8(11)10(7)14/h4-5,8H,2-3,11H2,1H3. The first-order valence-electron chi connectivity index (χ1n) is 4.58. The third-order valence-electron chi connectivity index (χ3n) is 2.81. The Morgan fingerprint density at radius 3 is 3.00 bits per heavy atom. The van der Waals surface area contributed by atoms with Gasteiger partial charge in [0.1, 0.15) is 0 Å². The second-order valence-corrected chi connectivity index (χ2v) is 3.62. The van der Waals surface area contributed by atoms with Gasteiger partial charge in [-0.25, -0.2) is 0 Å². The number of fused-ring (bicyclic) bond motifs is 1. The summed E-state index contributed by atoms with van der Waals surface area (Å²) in [6.07, 6.45) is 2.20. The van der Waals surface area contributed by atoms with Crippen LogP contribution in [-0.2, 0) is 13.5 Å². The number of hydrogen-bond donors (Lipinski definition) is 1. The Bertz CT molecular complexity index is 406. The number of hydrogen-bond acceptors (Lipinski definition) is 3. The van der Waals surface area contributed by atoms with Gasteiger partial charge in [-0.05, 0) is 18.9 Å². The van der Waals surface area contributed by atoms with E-state index in [2.05, 4.69) is 0 Å². The zero-order valence-electron chi connectivity index (χ0n) is 7.99. The fourth-order valence-corrected chi connectivity index (χ4v) is 1.92. The number of carbonyl (C=O) groups is 2. The summed E-state index contributed by atoms with van der Waals surface area (Å²) in [6, 6.07) is 1.23. The van der Waals surface area contributed by atoms with E-state index in [1.807, 2.05) is 0 Å². The van der Waals surface area contributed by atoms with E-state index in [-0.39, 0.29) is 5.78 Å². The van der Waals surface area contributed by atoms with Gasteiger partial charge in [0.2, 0.25) is 0 Å². The van der Waals surface area contributed by atoms with Crippen molar-refractivity contribution >= 4 is 12.1 Å². The van der Waals surface area contributed by atoms with Crippen LogP contribution < -0.4 is 5.73 Å². The molecule has 0 aromatic carbocycles. The van der Waals surface area contributed by atoms with Crippen molar-refractivity contribution in [1.82, 2.24) is 4.57 Å². The minimum absolute atomic E-state index is 0.0463. The van der Waals surface area contributed by atoms with Crippen LogP contribution in [-0.4, -0.2) is 22.7 Å². The van der Waals surface area contributed by atoms with Gasteiger partial charge < -0.3 is 10.3 Å². The number of aromatic nitrogens is 1. The Balaban J connectivity index is 2.57. The van der Waals surface area contributed by atoms with Crippen molar-refractivity contribution in [1.29, 1.82) is 0 Å². The minimum atomic E-state index is -0.399. The Hall–Kier alpha value is -1.42. The van der Waals surface area contributed by atoms with Crippen molar-refractivity contribution in [2.24, 2.45) is 12.8 Å². The van der Waals surface area contributed by atoms with Gasteiger partial charge in [-0.1, -0.05) is 0 Å². The Morgan fingerprint density at radius 2 is 2.36 bits per heavy atom. The van der Waals surface area contributed by atoms with Crippen LogP contribution in [0.5, 0.6) is 0 Å². The van der Waals surface area contributed by atoms with E-state index in [1.165, 1.54) is 0 Å². The molecule has 0 fully saturated rings. The molecule has 4 nitrogen and oxygen atoms in total. The molecule has 1 aliphatic carbocycles. The van der Waals surface area contributed by atoms with Gasteiger partial charge in [-0.2, -0.15) is 0 Å². The van der Waals surface area contributed by atoms with Gasteiger partial charge in [0.15, 0.2) is 12.1 Å². The molecule has 1 heterocycles. The molecular formula is C10H12N2O2. The smallest absolute Gasteiger partial charge is 0.181 e. The van der Waals surface area contributed by atoms with E-state index in [9.17, 15) is 9.59 Å². The van der Waals surface area contributed by atoms with Gasteiger partial charge >= 0.3 is 0 Å². The maximum absolute atomic E-state index is 11.6. The van der Waals surface area contributed by atoms with E-state index >= 15 is 0 Å². The molecule has 1 aliphatic rings. The minimum Gasteiger partial charge on any atom is -0.345 e. The molecule has 0 radical (unpaired) electrons. The molecule has 0 amide bonds. The average molecular weight is 192 g/mol. The monoisotopic (exact) mass is 192 g/mol. The number of aldehydes is 1. The molecule has 1 atom stereocenters. The Morgan fingerprint density at radius 1 is 1.64 bits per heavy atom. The van der Waals surface area contributed by atoms with Gasteiger partial charge in [-0.15, -0.1) is 0 Å². The molecule has 1 unspecified atom stereocenters. The van der Waals surface area contributed by atoms with Gasteiger partial charge in [0.05, 0.1) is 11.7 Å². The Labute approximate surface area is 81.7 Å². The second-order valence-electron chi connectivity index (χ2n) is 3.62. The zero-order chi connectivity index (χ0) is 10.3. The average Bonchev–Trinajstić information content (AvgIpc) is 2.50. The normalized spacial score (nSPS) is 20.7. The molecule has 74 valence electrons. The second kappa shape index (κ2) is 3.06. The highest BCUT2D eigenvalue weighted by Crippen LogP contribution is 2.23. The lowest BCUT2D eigenvalue weighted by Crippen LogP contribution is -2.35. The molecular weight excluding hydrogens is 180 g/mol. The van der Waals surface area contributed by atoms with Crippen molar-refractivity contribution in [3.8, 4) is 0 Å². The Kier molecular flexibility index (Phi) is 2.00. The highest BCUT2D eigenvalue weighted by atomic mass is 16.1. The number of nitrogens with two attached hydrogens (primary N) is 1. The molecule has 14 heavy (non-hydrogen) atoms. The summed E-state index contributed by atoms with van der Waals surface area (Å²) in [5.74, 6) is -0.0463. The zero-order valence-corrected chi connectivity index (χ0v) is 7.99. The molecule has 2 rings (SSSR count). The molecule has 0 spiro atoms. The van der Waals surface area contributed by atoms with E-state index in [1.54, 1.807) is 17.7 Å². The maximum Gasteiger partial charge on any atom is 0.181 e. The SMILES string of the molecule is Cn1c(C=O)cc2c1CCC(N)C2=O. The topological polar surface area (TPSA) is 65.1 Å². The number of Topliss-reactive ketones (excluding diaryl/α,β-unsaturated/α-hetero) is 1. The van der Waals surface area contributed by atoms with Crippen LogP contribution >= 0.6 is 0 Å². The molecule has 1 aromatic rings. The summed E-state index contributed by atoms with van der Waals surface area (Å²) < 4.78 is 1.77. The third kappa shape index (κ3) is 1.11. The first-order chi connectivity index (χ1) is 6.65. The maximum atomic E-state index is 11.6. The van der Waals surface area contributed by atoms with Crippen molar-refractivity contribution in [3.63, 3.8) is 0 Å². The van der Waals surface area contributed by atoms with Crippen LogP contribution in [0, 0.1) is 0 Å². The number of rotatable bonds is 1. The molecule has 0 aliphatic heterocycles.